The number of hydrogen-bond donors (Lipinski definition) is 0. The largest absolute Gasteiger partial charge is 0.497 e. The first-order valence-corrected chi connectivity index (χ1v) is 5.55. The smallest absolute Gasteiger partial charge is 0.120 e. The molecule has 0 unspecified atom stereocenters. The Labute approximate surface area is 105 Å². The maximum Gasteiger partial charge on any atom is 0.120 e. The van der Waals surface area contributed by atoms with Crippen LogP contribution in [0.15, 0.2) is 42.5 Å². The molecule has 0 saturated carbocycles. The standard InChI is InChI=1S/C13H10Cl2O/c1-16-13-7-10(6-12(15)8-13)9-3-2-4-11(14)5-9/h2-8H,1H3. The van der Waals surface area contributed by atoms with Gasteiger partial charge in [-0.2, -0.15) is 0 Å². The molecule has 0 bridgehead atoms. The van der Waals surface area contributed by atoms with E-state index in [4.69, 9.17) is 27.9 Å². The number of benzene rings is 2. The first-order chi connectivity index (χ1) is 7.69. The minimum absolute atomic E-state index is 0.648. The maximum atomic E-state index is 6.01. The van der Waals surface area contributed by atoms with Crippen LogP contribution in [-0.4, -0.2) is 7.11 Å². The zero-order valence-corrected chi connectivity index (χ0v) is 10.2. The molecule has 0 N–H and O–H groups in total. The summed E-state index contributed by atoms with van der Waals surface area (Å²) in [7, 11) is 1.62. The van der Waals surface area contributed by atoms with Crippen molar-refractivity contribution in [1.82, 2.24) is 0 Å². The third-order valence-electron chi connectivity index (χ3n) is 2.26. The Morgan fingerprint density at radius 1 is 0.875 bits per heavy atom. The molecule has 16 heavy (non-hydrogen) atoms. The molecule has 2 rings (SSSR count). The predicted molar refractivity (Wildman–Crippen MR) is 68.5 cm³/mol. The second kappa shape index (κ2) is 4.77. The van der Waals surface area contributed by atoms with E-state index in [0.717, 1.165) is 16.9 Å². The van der Waals surface area contributed by atoms with E-state index in [0.29, 0.717) is 10.0 Å². The summed E-state index contributed by atoms with van der Waals surface area (Å²) in [5.74, 6) is 0.738. The predicted octanol–water partition coefficient (Wildman–Crippen LogP) is 4.67. The summed E-state index contributed by atoms with van der Waals surface area (Å²) in [6, 6.07) is 13.2. The Bertz CT molecular complexity index is 509. The Balaban J connectivity index is 2.51. The van der Waals surface area contributed by atoms with Gasteiger partial charge >= 0.3 is 0 Å². The molecule has 3 heteroatoms. The maximum absolute atomic E-state index is 6.01. The van der Waals surface area contributed by atoms with Gasteiger partial charge in [-0.05, 0) is 41.5 Å². The lowest BCUT2D eigenvalue weighted by Gasteiger charge is -2.06. The van der Waals surface area contributed by atoms with Gasteiger partial charge in [-0.15, -0.1) is 0 Å². The van der Waals surface area contributed by atoms with Crippen LogP contribution < -0.4 is 4.74 Å². The van der Waals surface area contributed by atoms with Crippen molar-refractivity contribution < 1.29 is 4.74 Å². The molecule has 82 valence electrons. The van der Waals surface area contributed by atoms with E-state index in [1.807, 2.05) is 36.4 Å². The van der Waals surface area contributed by atoms with Gasteiger partial charge in [0, 0.05) is 10.0 Å². The van der Waals surface area contributed by atoms with Gasteiger partial charge in [-0.25, -0.2) is 0 Å². The van der Waals surface area contributed by atoms with Crippen molar-refractivity contribution in [2.75, 3.05) is 7.11 Å². The van der Waals surface area contributed by atoms with Crippen molar-refractivity contribution >= 4 is 23.2 Å². The highest BCUT2D eigenvalue weighted by Gasteiger charge is 2.03. The summed E-state index contributed by atoms with van der Waals surface area (Å²) in [6.07, 6.45) is 0. The zero-order valence-electron chi connectivity index (χ0n) is 8.71. The van der Waals surface area contributed by atoms with Crippen molar-refractivity contribution in [2.24, 2.45) is 0 Å². The zero-order chi connectivity index (χ0) is 11.5. The molecule has 0 aliphatic heterocycles. The highest BCUT2D eigenvalue weighted by Crippen LogP contribution is 2.29. The summed E-state index contributed by atoms with van der Waals surface area (Å²) in [5, 5.41) is 1.35. The Kier molecular flexibility index (Phi) is 3.37. The SMILES string of the molecule is COc1cc(Cl)cc(-c2cccc(Cl)c2)c1. The van der Waals surface area contributed by atoms with Crippen LogP contribution >= 0.6 is 23.2 Å². The lowest BCUT2D eigenvalue weighted by Crippen LogP contribution is -1.84. The first-order valence-electron chi connectivity index (χ1n) is 4.79. The van der Waals surface area contributed by atoms with Crippen LogP contribution in [-0.2, 0) is 0 Å². The van der Waals surface area contributed by atoms with E-state index in [2.05, 4.69) is 0 Å². The average molecular weight is 253 g/mol. The molecule has 0 heterocycles. The quantitative estimate of drug-likeness (QED) is 0.755. The molecule has 0 aliphatic rings. The first kappa shape index (κ1) is 11.3. The molecule has 2 aromatic carbocycles. The molecular formula is C13H10Cl2O. The lowest BCUT2D eigenvalue weighted by molar-refractivity contribution is 0.415. The fourth-order valence-electron chi connectivity index (χ4n) is 1.52. The summed E-state index contributed by atoms with van der Waals surface area (Å²) in [4.78, 5) is 0. The van der Waals surface area contributed by atoms with Gasteiger partial charge in [0.05, 0.1) is 7.11 Å². The van der Waals surface area contributed by atoms with E-state index < -0.39 is 0 Å². The van der Waals surface area contributed by atoms with E-state index in [9.17, 15) is 0 Å². The van der Waals surface area contributed by atoms with Gasteiger partial charge in [0.1, 0.15) is 5.75 Å². The minimum atomic E-state index is 0.648. The molecule has 1 nitrogen and oxygen atoms in total. The molecule has 0 amide bonds. The Hall–Kier alpha value is -1.18. The summed E-state index contributed by atoms with van der Waals surface area (Å²) < 4.78 is 5.17. The third-order valence-corrected chi connectivity index (χ3v) is 2.72. The minimum Gasteiger partial charge on any atom is -0.497 e. The van der Waals surface area contributed by atoms with E-state index in [1.165, 1.54) is 0 Å². The average Bonchev–Trinajstić information content (AvgIpc) is 2.28. The summed E-state index contributed by atoms with van der Waals surface area (Å²) in [6.45, 7) is 0. The van der Waals surface area contributed by atoms with Crippen molar-refractivity contribution in [3.63, 3.8) is 0 Å². The molecule has 0 spiro atoms. The van der Waals surface area contributed by atoms with Gasteiger partial charge in [0.25, 0.3) is 0 Å². The highest BCUT2D eigenvalue weighted by atomic mass is 35.5. The van der Waals surface area contributed by atoms with E-state index in [-0.39, 0.29) is 0 Å². The summed E-state index contributed by atoms with van der Waals surface area (Å²) in [5.41, 5.74) is 2.01. The Morgan fingerprint density at radius 3 is 2.31 bits per heavy atom. The van der Waals surface area contributed by atoms with Gasteiger partial charge in [0.15, 0.2) is 0 Å². The normalized spacial score (nSPS) is 10.2. The number of rotatable bonds is 2. The fourth-order valence-corrected chi connectivity index (χ4v) is 1.93. The molecule has 0 aliphatic carbocycles. The van der Waals surface area contributed by atoms with Crippen LogP contribution in [0, 0.1) is 0 Å². The van der Waals surface area contributed by atoms with Gasteiger partial charge in [0.2, 0.25) is 0 Å². The number of methoxy groups -OCH3 is 1. The van der Waals surface area contributed by atoms with E-state index in [1.54, 1.807) is 13.2 Å². The second-order valence-electron chi connectivity index (χ2n) is 3.39. The number of ether oxygens (including phenoxy) is 1. The van der Waals surface area contributed by atoms with Crippen LogP contribution in [0.4, 0.5) is 0 Å². The molecule has 2 aromatic rings. The van der Waals surface area contributed by atoms with Crippen molar-refractivity contribution in [2.45, 2.75) is 0 Å². The highest BCUT2D eigenvalue weighted by molar-refractivity contribution is 6.31. The van der Waals surface area contributed by atoms with Crippen LogP contribution in [0.2, 0.25) is 10.0 Å². The molecule has 0 fully saturated rings. The molecule has 0 aromatic heterocycles. The Morgan fingerprint density at radius 2 is 1.62 bits per heavy atom. The van der Waals surface area contributed by atoms with Gasteiger partial charge in [-0.1, -0.05) is 35.3 Å². The van der Waals surface area contributed by atoms with Crippen molar-refractivity contribution in [3.8, 4) is 16.9 Å². The topological polar surface area (TPSA) is 9.23 Å². The summed E-state index contributed by atoms with van der Waals surface area (Å²) >= 11 is 11.9. The number of hydrogen-bond acceptors (Lipinski definition) is 1. The van der Waals surface area contributed by atoms with Crippen LogP contribution in [0.3, 0.4) is 0 Å². The second-order valence-corrected chi connectivity index (χ2v) is 4.26. The van der Waals surface area contributed by atoms with Crippen molar-refractivity contribution in [3.05, 3.63) is 52.5 Å². The fraction of sp³-hybridized carbons (Fsp3) is 0.0769. The monoisotopic (exact) mass is 252 g/mol. The van der Waals surface area contributed by atoms with Crippen LogP contribution in [0.1, 0.15) is 0 Å². The van der Waals surface area contributed by atoms with Gasteiger partial charge < -0.3 is 4.74 Å². The molecular weight excluding hydrogens is 243 g/mol. The molecule has 0 saturated heterocycles. The molecule has 0 atom stereocenters. The van der Waals surface area contributed by atoms with Crippen LogP contribution in [0.5, 0.6) is 5.75 Å². The third kappa shape index (κ3) is 2.49. The van der Waals surface area contributed by atoms with Crippen molar-refractivity contribution in [1.29, 1.82) is 0 Å². The lowest BCUT2D eigenvalue weighted by atomic mass is 10.1. The van der Waals surface area contributed by atoms with Crippen LogP contribution in [0.25, 0.3) is 11.1 Å². The van der Waals surface area contributed by atoms with Gasteiger partial charge in [-0.3, -0.25) is 0 Å². The van der Waals surface area contributed by atoms with E-state index >= 15 is 0 Å². The molecule has 0 radical (unpaired) electrons. The number of halogens is 2.